The van der Waals surface area contributed by atoms with Crippen molar-refractivity contribution in [2.24, 2.45) is 5.10 Å². The van der Waals surface area contributed by atoms with E-state index in [4.69, 9.17) is 0 Å². The number of anilines is 3. The van der Waals surface area contributed by atoms with Crippen molar-refractivity contribution in [2.75, 3.05) is 29.7 Å². The lowest BCUT2D eigenvalue weighted by Gasteiger charge is -2.11. The van der Waals surface area contributed by atoms with E-state index in [9.17, 15) is 9.18 Å². The van der Waals surface area contributed by atoms with Gasteiger partial charge < -0.3 is 10.2 Å². The monoisotopic (exact) mass is 459 g/mol. The first-order chi connectivity index (χ1) is 16.0. The molecule has 1 aromatic heterocycles. The molecule has 4 rings (SSSR count). The normalized spacial score (nSPS) is 10.9. The highest BCUT2D eigenvalue weighted by atomic mass is 32.1. The molecule has 0 aliphatic heterocycles. The third-order valence-electron chi connectivity index (χ3n) is 4.79. The average Bonchev–Trinajstić information content (AvgIpc) is 3.22. The van der Waals surface area contributed by atoms with Crippen LogP contribution < -0.4 is 15.6 Å². The quantitative estimate of drug-likeness (QED) is 0.274. The number of benzene rings is 3. The molecule has 8 heteroatoms. The third kappa shape index (κ3) is 5.61. The van der Waals surface area contributed by atoms with E-state index in [0.29, 0.717) is 21.4 Å². The van der Waals surface area contributed by atoms with E-state index >= 15 is 0 Å². The highest BCUT2D eigenvalue weighted by Crippen LogP contribution is 2.36. The molecule has 6 nitrogen and oxygen atoms in total. The summed E-state index contributed by atoms with van der Waals surface area (Å²) in [6, 6.07) is 22.9. The van der Waals surface area contributed by atoms with Gasteiger partial charge in [-0.05, 0) is 42.0 Å². The van der Waals surface area contributed by atoms with Crippen molar-refractivity contribution < 1.29 is 9.18 Å². The Hall–Kier alpha value is -4.04. The number of aromatic nitrogens is 1. The summed E-state index contributed by atoms with van der Waals surface area (Å²) < 4.78 is 13.2. The highest BCUT2D eigenvalue weighted by Gasteiger charge is 2.16. The summed E-state index contributed by atoms with van der Waals surface area (Å²) in [6.45, 7) is 0. The van der Waals surface area contributed by atoms with E-state index in [2.05, 4.69) is 20.8 Å². The molecule has 166 valence electrons. The van der Waals surface area contributed by atoms with E-state index in [1.54, 1.807) is 6.21 Å². The van der Waals surface area contributed by atoms with Crippen LogP contribution in [0.2, 0.25) is 0 Å². The number of rotatable bonds is 7. The zero-order valence-electron chi connectivity index (χ0n) is 18.1. The van der Waals surface area contributed by atoms with Gasteiger partial charge in [-0.15, -0.1) is 0 Å². The van der Waals surface area contributed by atoms with Gasteiger partial charge in [-0.25, -0.2) is 9.37 Å². The van der Waals surface area contributed by atoms with Gasteiger partial charge in [0.1, 0.15) is 16.5 Å². The third-order valence-corrected chi connectivity index (χ3v) is 5.67. The van der Waals surface area contributed by atoms with Gasteiger partial charge in [0, 0.05) is 30.9 Å². The number of nitrogens with zero attached hydrogens (tertiary/aromatic N) is 3. The van der Waals surface area contributed by atoms with E-state index in [1.807, 2.05) is 73.6 Å². The second-order valence-corrected chi connectivity index (χ2v) is 8.38. The summed E-state index contributed by atoms with van der Waals surface area (Å²) in [5.41, 5.74) is 6.84. The SMILES string of the molecule is CN(C)c1ccc(C=NNc2nc(-c3ccccc3)c(NC(=O)c3ccc(F)cc3)s2)cc1. The van der Waals surface area contributed by atoms with Crippen molar-refractivity contribution in [1.29, 1.82) is 0 Å². The Labute approximate surface area is 195 Å². The second-order valence-electron chi connectivity index (χ2n) is 7.38. The Kier molecular flexibility index (Phi) is 6.75. The van der Waals surface area contributed by atoms with Gasteiger partial charge in [0.15, 0.2) is 0 Å². The number of hydrogen-bond donors (Lipinski definition) is 2. The van der Waals surface area contributed by atoms with Crippen LogP contribution in [0.15, 0.2) is 84.0 Å². The molecular weight excluding hydrogens is 437 g/mol. The molecule has 4 aromatic rings. The smallest absolute Gasteiger partial charge is 0.256 e. The van der Waals surface area contributed by atoms with Crippen molar-refractivity contribution in [3.05, 3.63) is 95.8 Å². The van der Waals surface area contributed by atoms with Gasteiger partial charge in [0.05, 0.1) is 6.21 Å². The zero-order valence-corrected chi connectivity index (χ0v) is 18.9. The summed E-state index contributed by atoms with van der Waals surface area (Å²) in [5, 5.41) is 8.28. The molecule has 1 heterocycles. The Morgan fingerprint density at radius 2 is 1.70 bits per heavy atom. The molecule has 0 aliphatic rings. The Morgan fingerprint density at radius 3 is 2.36 bits per heavy atom. The number of hydrazone groups is 1. The number of halogens is 1. The van der Waals surface area contributed by atoms with Gasteiger partial charge in [-0.1, -0.05) is 53.8 Å². The maximum Gasteiger partial charge on any atom is 0.256 e. The molecule has 33 heavy (non-hydrogen) atoms. The maximum atomic E-state index is 13.2. The summed E-state index contributed by atoms with van der Waals surface area (Å²) in [4.78, 5) is 19.3. The molecule has 0 radical (unpaired) electrons. The first kappa shape index (κ1) is 22.2. The number of amides is 1. The molecule has 2 N–H and O–H groups in total. The minimum Gasteiger partial charge on any atom is -0.378 e. The topological polar surface area (TPSA) is 69.6 Å². The predicted molar refractivity (Wildman–Crippen MR) is 134 cm³/mol. The van der Waals surface area contributed by atoms with E-state index in [-0.39, 0.29) is 5.91 Å². The minimum absolute atomic E-state index is 0.341. The van der Waals surface area contributed by atoms with Gasteiger partial charge in [-0.3, -0.25) is 10.2 Å². The molecule has 1 amide bonds. The van der Waals surface area contributed by atoms with Crippen LogP contribution in [0.1, 0.15) is 15.9 Å². The van der Waals surface area contributed by atoms with E-state index in [1.165, 1.54) is 35.6 Å². The van der Waals surface area contributed by atoms with Crippen molar-refractivity contribution >= 4 is 39.3 Å². The number of carbonyl (C=O) groups is 1. The van der Waals surface area contributed by atoms with Crippen LogP contribution in [0.25, 0.3) is 11.3 Å². The summed E-state index contributed by atoms with van der Waals surface area (Å²) in [6.07, 6.45) is 1.71. The lowest BCUT2D eigenvalue weighted by Crippen LogP contribution is -2.11. The van der Waals surface area contributed by atoms with Gasteiger partial charge in [-0.2, -0.15) is 5.10 Å². The minimum atomic E-state index is -0.394. The van der Waals surface area contributed by atoms with E-state index in [0.717, 1.165) is 16.8 Å². The standard InChI is InChI=1S/C25H22FN5OS/c1-31(2)21-14-8-17(9-15-21)16-27-30-25-28-22(18-6-4-3-5-7-18)24(33-25)29-23(32)19-10-12-20(26)13-11-19/h3-16H,1-2H3,(H,28,30)(H,29,32). The Bertz CT molecular complexity index is 1250. The van der Waals surface area contributed by atoms with Gasteiger partial charge in [0.25, 0.3) is 5.91 Å². The number of nitrogens with one attached hydrogen (secondary N) is 2. The second kappa shape index (κ2) is 10.1. The van der Waals surface area contributed by atoms with Crippen molar-refractivity contribution in [1.82, 2.24) is 4.98 Å². The van der Waals surface area contributed by atoms with Crippen LogP contribution in [0.5, 0.6) is 0 Å². The van der Waals surface area contributed by atoms with Gasteiger partial charge >= 0.3 is 0 Å². The maximum absolute atomic E-state index is 13.2. The van der Waals surface area contributed by atoms with Crippen LogP contribution in [0.4, 0.5) is 20.2 Å². The summed E-state index contributed by atoms with van der Waals surface area (Å²) >= 11 is 1.27. The van der Waals surface area contributed by atoms with Crippen LogP contribution in [0.3, 0.4) is 0 Å². The van der Waals surface area contributed by atoms with Crippen molar-refractivity contribution in [3.8, 4) is 11.3 Å². The first-order valence-electron chi connectivity index (χ1n) is 10.2. The predicted octanol–water partition coefficient (Wildman–Crippen LogP) is 5.71. The van der Waals surface area contributed by atoms with Crippen LogP contribution in [-0.4, -0.2) is 31.2 Å². The van der Waals surface area contributed by atoms with Crippen LogP contribution >= 0.6 is 11.3 Å². The fourth-order valence-electron chi connectivity index (χ4n) is 3.04. The Morgan fingerprint density at radius 1 is 1.00 bits per heavy atom. The first-order valence-corrected chi connectivity index (χ1v) is 11.0. The molecule has 0 fully saturated rings. The van der Waals surface area contributed by atoms with Crippen molar-refractivity contribution in [2.45, 2.75) is 0 Å². The number of carbonyl (C=O) groups excluding carboxylic acids is 1. The van der Waals surface area contributed by atoms with Crippen LogP contribution in [0, 0.1) is 5.82 Å². The Balaban J connectivity index is 1.54. The lowest BCUT2D eigenvalue weighted by molar-refractivity contribution is 0.102. The molecule has 3 aromatic carbocycles. The largest absolute Gasteiger partial charge is 0.378 e. The molecule has 0 aliphatic carbocycles. The molecular formula is C25H22FN5OS. The van der Waals surface area contributed by atoms with Crippen molar-refractivity contribution in [3.63, 3.8) is 0 Å². The fraction of sp³-hybridized carbons (Fsp3) is 0.0800. The average molecular weight is 460 g/mol. The lowest BCUT2D eigenvalue weighted by atomic mass is 10.1. The molecule has 0 saturated carbocycles. The summed E-state index contributed by atoms with van der Waals surface area (Å²) in [5.74, 6) is -0.734. The number of thiazole rings is 1. The fourth-order valence-corrected chi connectivity index (χ4v) is 3.87. The molecule has 0 bridgehead atoms. The molecule has 0 saturated heterocycles. The van der Waals surface area contributed by atoms with Gasteiger partial charge in [0.2, 0.25) is 5.13 Å². The molecule has 0 unspecified atom stereocenters. The highest BCUT2D eigenvalue weighted by molar-refractivity contribution is 7.20. The zero-order chi connectivity index (χ0) is 23.2. The van der Waals surface area contributed by atoms with E-state index < -0.39 is 5.82 Å². The number of hydrogen-bond acceptors (Lipinski definition) is 6. The summed E-state index contributed by atoms with van der Waals surface area (Å²) in [7, 11) is 3.98. The molecule has 0 atom stereocenters. The van der Waals surface area contributed by atoms with Crippen LogP contribution in [-0.2, 0) is 0 Å². The molecule has 0 spiro atoms.